The van der Waals surface area contributed by atoms with E-state index in [-0.39, 0.29) is 24.3 Å². The van der Waals surface area contributed by atoms with Crippen LogP contribution in [0.4, 0.5) is 24.5 Å². The highest BCUT2D eigenvalue weighted by molar-refractivity contribution is 5.83. The highest BCUT2D eigenvalue weighted by atomic mass is 19.4. The summed E-state index contributed by atoms with van der Waals surface area (Å²) in [6.07, 6.45) is -4.21. The first-order valence-electron chi connectivity index (χ1n) is 12.6. The largest absolute Gasteiger partial charge is 0.495 e. The minimum absolute atomic E-state index is 0.0238. The van der Waals surface area contributed by atoms with Crippen molar-refractivity contribution in [3.63, 3.8) is 0 Å². The van der Waals surface area contributed by atoms with Gasteiger partial charge in [0.2, 0.25) is 11.8 Å². The molecule has 3 aliphatic rings. The molecule has 3 heterocycles. The van der Waals surface area contributed by atoms with Crippen molar-refractivity contribution in [2.45, 2.75) is 25.6 Å². The van der Waals surface area contributed by atoms with Crippen LogP contribution in [0.5, 0.6) is 5.75 Å². The lowest BCUT2D eigenvalue weighted by Gasteiger charge is -2.51. The first kappa shape index (κ1) is 25.2. The van der Waals surface area contributed by atoms with Crippen LogP contribution in [0.1, 0.15) is 18.1 Å². The van der Waals surface area contributed by atoms with Crippen LogP contribution in [0.2, 0.25) is 0 Å². The zero-order chi connectivity index (χ0) is 26.3. The lowest BCUT2D eigenvalue weighted by Crippen LogP contribution is -2.62. The molecule has 0 radical (unpaired) electrons. The van der Waals surface area contributed by atoms with Crippen molar-refractivity contribution in [2.24, 2.45) is 5.92 Å². The summed E-state index contributed by atoms with van der Waals surface area (Å²) in [6.45, 7) is 5.05. The van der Waals surface area contributed by atoms with Gasteiger partial charge in [-0.2, -0.15) is 13.2 Å². The number of amides is 2. The van der Waals surface area contributed by atoms with Crippen LogP contribution in [0.3, 0.4) is 0 Å². The first-order chi connectivity index (χ1) is 17.7. The number of nitrogens with zero attached hydrogens (tertiary/aromatic N) is 4. The minimum atomic E-state index is -4.45. The Labute approximate surface area is 214 Å². The SMILES string of the molecule is COc1ccccc1N1CCN2c3ccc(C(F)(F)F)cc3C[C@H](C(=O)N3CCN(C(C)=O)CC3)[C@@H]2C1. The molecule has 0 aromatic heterocycles. The van der Waals surface area contributed by atoms with Crippen molar-refractivity contribution in [1.29, 1.82) is 0 Å². The Hall–Kier alpha value is -3.43. The van der Waals surface area contributed by atoms with Gasteiger partial charge in [0.05, 0.1) is 30.3 Å². The molecule has 3 aliphatic heterocycles. The Morgan fingerprint density at radius 1 is 0.919 bits per heavy atom. The molecule has 37 heavy (non-hydrogen) atoms. The standard InChI is InChI=1S/C27H31F3N4O3/c1-18(35)31-9-11-32(12-10-31)26(36)21-16-19-15-20(27(28,29)30)7-8-22(19)34-14-13-33(17-24(21)34)23-5-3-4-6-25(23)37-2/h3-8,15,21,24H,9-14,16-17H2,1-2H3/t21-,24-/m0/s1. The lowest BCUT2D eigenvalue weighted by molar-refractivity contribution is -0.142. The predicted molar refractivity (Wildman–Crippen MR) is 134 cm³/mol. The van der Waals surface area contributed by atoms with Gasteiger partial charge in [-0.05, 0) is 42.3 Å². The molecule has 2 saturated heterocycles. The van der Waals surface area contributed by atoms with E-state index in [0.29, 0.717) is 51.4 Å². The number of hydrogen-bond acceptors (Lipinski definition) is 5. The number of carbonyl (C=O) groups is 2. The highest BCUT2D eigenvalue weighted by Gasteiger charge is 2.44. The summed E-state index contributed by atoms with van der Waals surface area (Å²) < 4.78 is 46.1. The van der Waals surface area contributed by atoms with Crippen LogP contribution in [0, 0.1) is 5.92 Å². The van der Waals surface area contributed by atoms with Crippen LogP contribution in [-0.4, -0.2) is 80.6 Å². The number of halogens is 3. The van der Waals surface area contributed by atoms with E-state index in [1.165, 1.54) is 13.0 Å². The summed E-state index contributed by atoms with van der Waals surface area (Å²) in [6, 6.07) is 11.4. The van der Waals surface area contributed by atoms with Gasteiger partial charge in [-0.3, -0.25) is 9.59 Å². The summed E-state index contributed by atoms with van der Waals surface area (Å²) in [5, 5.41) is 0. The van der Waals surface area contributed by atoms with Crippen LogP contribution < -0.4 is 14.5 Å². The fourth-order valence-corrected chi connectivity index (χ4v) is 5.87. The quantitative estimate of drug-likeness (QED) is 0.627. The maximum absolute atomic E-state index is 13.9. The number of alkyl halides is 3. The third kappa shape index (κ3) is 4.81. The Morgan fingerprint density at radius 2 is 1.62 bits per heavy atom. The van der Waals surface area contributed by atoms with E-state index in [0.717, 1.165) is 23.2 Å². The van der Waals surface area contributed by atoms with Gasteiger partial charge in [0.1, 0.15) is 5.75 Å². The molecule has 0 N–H and O–H groups in total. The number of benzene rings is 2. The summed E-state index contributed by atoms with van der Waals surface area (Å²) in [4.78, 5) is 33.4. The number of fused-ring (bicyclic) bond motifs is 3. The molecular weight excluding hydrogens is 485 g/mol. The van der Waals surface area contributed by atoms with Crippen molar-refractivity contribution in [3.05, 3.63) is 53.6 Å². The maximum atomic E-state index is 13.9. The Bertz CT molecular complexity index is 1180. The number of anilines is 2. The maximum Gasteiger partial charge on any atom is 0.416 e. The second-order valence-electron chi connectivity index (χ2n) is 9.86. The second kappa shape index (κ2) is 9.79. The Kier molecular flexibility index (Phi) is 6.68. The molecule has 0 saturated carbocycles. The fourth-order valence-electron chi connectivity index (χ4n) is 5.87. The molecule has 0 bridgehead atoms. The molecule has 2 amide bonds. The normalized spacial score (nSPS) is 21.9. The molecule has 2 fully saturated rings. The zero-order valence-electron chi connectivity index (χ0n) is 21.0. The van der Waals surface area contributed by atoms with Crippen molar-refractivity contribution in [1.82, 2.24) is 9.80 Å². The molecule has 5 rings (SSSR count). The van der Waals surface area contributed by atoms with Crippen molar-refractivity contribution < 1.29 is 27.5 Å². The first-order valence-corrected chi connectivity index (χ1v) is 12.6. The van der Waals surface area contributed by atoms with Gasteiger partial charge in [-0.25, -0.2) is 0 Å². The highest BCUT2D eigenvalue weighted by Crippen LogP contribution is 2.41. The average molecular weight is 517 g/mol. The smallest absolute Gasteiger partial charge is 0.416 e. The molecule has 0 unspecified atom stereocenters. The molecule has 0 spiro atoms. The predicted octanol–water partition coefficient (Wildman–Crippen LogP) is 3.27. The van der Waals surface area contributed by atoms with E-state index in [1.807, 2.05) is 24.3 Å². The van der Waals surface area contributed by atoms with E-state index >= 15 is 0 Å². The van der Waals surface area contributed by atoms with E-state index in [4.69, 9.17) is 4.74 Å². The van der Waals surface area contributed by atoms with Gasteiger partial charge in [-0.1, -0.05) is 12.1 Å². The number of carbonyl (C=O) groups excluding carboxylic acids is 2. The van der Waals surface area contributed by atoms with Crippen LogP contribution in [0.15, 0.2) is 42.5 Å². The summed E-state index contributed by atoms with van der Waals surface area (Å²) in [5.74, 6) is 0.148. The van der Waals surface area contributed by atoms with E-state index in [9.17, 15) is 22.8 Å². The van der Waals surface area contributed by atoms with Gasteiger partial charge in [0.25, 0.3) is 0 Å². The van der Waals surface area contributed by atoms with Gasteiger partial charge in [0.15, 0.2) is 0 Å². The van der Waals surface area contributed by atoms with Gasteiger partial charge in [0, 0.05) is 58.4 Å². The van der Waals surface area contributed by atoms with Crippen molar-refractivity contribution >= 4 is 23.2 Å². The number of para-hydroxylation sites is 2. The molecule has 2 atom stereocenters. The molecule has 10 heteroatoms. The molecule has 2 aromatic carbocycles. The topological polar surface area (TPSA) is 56.3 Å². The minimum Gasteiger partial charge on any atom is -0.495 e. The third-order valence-corrected chi connectivity index (χ3v) is 7.82. The number of rotatable bonds is 3. The van der Waals surface area contributed by atoms with Crippen LogP contribution in [-0.2, 0) is 22.2 Å². The Balaban J connectivity index is 1.47. The van der Waals surface area contributed by atoms with Crippen molar-refractivity contribution in [3.8, 4) is 5.75 Å². The molecule has 0 aliphatic carbocycles. The summed E-state index contributed by atoms with van der Waals surface area (Å²) in [7, 11) is 1.62. The monoisotopic (exact) mass is 516 g/mol. The van der Waals surface area contributed by atoms with E-state index in [2.05, 4.69) is 9.80 Å². The molecule has 7 nitrogen and oxygen atoms in total. The summed E-state index contributed by atoms with van der Waals surface area (Å²) >= 11 is 0. The van der Waals surface area contributed by atoms with E-state index < -0.39 is 17.7 Å². The van der Waals surface area contributed by atoms with Crippen LogP contribution >= 0.6 is 0 Å². The molecule has 2 aromatic rings. The molecule has 198 valence electrons. The number of ether oxygens (including phenoxy) is 1. The van der Waals surface area contributed by atoms with E-state index in [1.54, 1.807) is 23.0 Å². The summed E-state index contributed by atoms with van der Waals surface area (Å²) in [5.41, 5.74) is 1.56. The van der Waals surface area contributed by atoms with Gasteiger partial charge < -0.3 is 24.3 Å². The third-order valence-electron chi connectivity index (χ3n) is 7.82. The Morgan fingerprint density at radius 3 is 2.30 bits per heavy atom. The zero-order valence-corrected chi connectivity index (χ0v) is 21.0. The number of hydrogen-bond donors (Lipinski definition) is 0. The van der Waals surface area contributed by atoms with Gasteiger partial charge in [-0.15, -0.1) is 0 Å². The number of piperazine rings is 2. The molecular formula is C27H31F3N4O3. The van der Waals surface area contributed by atoms with Crippen LogP contribution in [0.25, 0.3) is 0 Å². The lowest BCUT2D eigenvalue weighted by atomic mass is 9.82. The second-order valence-corrected chi connectivity index (χ2v) is 9.86. The number of methoxy groups -OCH3 is 1. The average Bonchev–Trinajstić information content (AvgIpc) is 2.91. The van der Waals surface area contributed by atoms with Gasteiger partial charge >= 0.3 is 6.18 Å². The fraction of sp³-hybridized carbons (Fsp3) is 0.481. The van der Waals surface area contributed by atoms with Crippen molar-refractivity contribution in [2.75, 3.05) is 62.7 Å².